The molecule has 0 aliphatic rings. The van der Waals surface area contributed by atoms with Crippen LogP contribution in [0.5, 0.6) is 11.5 Å². The first-order valence-corrected chi connectivity index (χ1v) is 17.3. The van der Waals surface area contributed by atoms with Gasteiger partial charge in [-0.25, -0.2) is 0 Å². The summed E-state index contributed by atoms with van der Waals surface area (Å²) < 4.78 is 11.3. The third-order valence-electron chi connectivity index (χ3n) is 8.66. The van der Waals surface area contributed by atoms with Crippen molar-refractivity contribution >= 4 is 34.1 Å². The van der Waals surface area contributed by atoms with Gasteiger partial charge < -0.3 is 39.7 Å². The molecule has 8 nitrogen and oxygen atoms in total. The van der Waals surface area contributed by atoms with Crippen molar-refractivity contribution in [2.45, 2.75) is 26.1 Å². The third kappa shape index (κ3) is 8.98. The van der Waals surface area contributed by atoms with E-state index in [0.29, 0.717) is 11.5 Å². The lowest BCUT2D eigenvalue weighted by atomic mass is 10.0. The van der Waals surface area contributed by atoms with Gasteiger partial charge in [0, 0.05) is 34.1 Å². The number of aliphatic hydroxyl groups is 4. The topological polar surface area (TPSA) is 106 Å². The van der Waals surface area contributed by atoms with Gasteiger partial charge in [-0.3, -0.25) is 0 Å². The zero-order valence-electron chi connectivity index (χ0n) is 29.3. The van der Waals surface area contributed by atoms with Crippen LogP contribution in [0.15, 0.2) is 146 Å². The van der Waals surface area contributed by atoms with E-state index in [4.69, 9.17) is 19.7 Å². The van der Waals surface area contributed by atoms with Crippen LogP contribution in [0.3, 0.4) is 0 Å². The second-order valence-corrected chi connectivity index (χ2v) is 12.7. The lowest BCUT2D eigenvalue weighted by molar-refractivity contribution is 0.0536. The molecule has 6 aromatic carbocycles. The van der Waals surface area contributed by atoms with Crippen molar-refractivity contribution in [1.82, 2.24) is 0 Å². The van der Waals surface area contributed by atoms with Gasteiger partial charge in [0.2, 0.25) is 0 Å². The van der Waals surface area contributed by atoms with E-state index < -0.39 is 12.2 Å². The summed E-state index contributed by atoms with van der Waals surface area (Å²) in [4.78, 5) is 4.37. The van der Waals surface area contributed by atoms with Crippen LogP contribution in [0.1, 0.15) is 11.1 Å². The van der Waals surface area contributed by atoms with E-state index in [0.717, 1.165) is 45.3 Å². The molecule has 0 amide bonds. The molecule has 0 heterocycles. The lowest BCUT2D eigenvalue weighted by Crippen LogP contribution is -2.21. The largest absolute Gasteiger partial charge is 0.491 e. The second-order valence-electron chi connectivity index (χ2n) is 12.7. The smallest absolute Gasteiger partial charge is 0.119 e. The molecule has 0 spiro atoms. The van der Waals surface area contributed by atoms with Crippen molar-refractivity contribution in [3.8, 4) is 22.6 Å². The molecule has 0 aromatic heterocycles. The molecule has 2 atom stereocenters. The summed E-state index contributed by atoms with van der Waals surface area (Å²) in [6.07, 6.45) is -1.85. The molecular weight excluding hydrogens is 652 g/mol. The van der Waals surface area contributed by atoms with Crippen LogP contribution in [0.25, 0.3) is 11.1 Å². The highest BCUT2D eigenvalue weighted by atomic mass is 16.5. The molecule has 52 heavy (non-hydrogen) atoms. The van der Waals surface area contributed by atoms with Crippen LogP contribution in [-0.2, 0) is 0 Å². The Morgan fingerprint density at radius 2 is 0.654 bits per heavy atom. The van der Waals surface area contributed by atoms with Gasteiger partial charge >= 0.3 is 0 Å². The van der Waals surface area contributed by atoms with Crippen molar-refractivity contribution in [2.75, 3.05) is 36.2 Å². The van der Waals surface area contributed by atoms with Gasteiger partial charge in [-0.2, -0.15) is 0 Å². The van der Waals surface area contributed by atoms with Crippen molar-refractivity contribution in [3.63, 3.8) is 0 Å². The molecule has 6 rings (SSSR count). The first kappa shape index (κ1) is 36.2. The van der Waals surface area contributed by atoms with Gasteiger partial charge in [-0.1, -0.05) is 59.7 Å². The minimum Gasteiger partial charge on any atom is -0.491 e. The Bertz CT molecular complexity index is 1830. The highest BCUT2D eigenvalue weighted by Gasteiger charge is 2.16. The number of rotatable bonds is 15. The Morgan fingerprint density at radius 1 is 0.404 bits per heavy atom. The molecule has 266 valence electrons. The molecular formula is C44H44N2O6. The van der Waals surface area contributed by atoms with Crippen LogP contribution in [0, 0.1) is 13.8 Å². The van der Waals surface area contributed by atoms with Crippen LogP contribution < -0.4 is 19.3 Å². The lowest BCUT2D eigenvalue weighted by Gasteiger charge is -2.26. The molecule has 0 aliphatic heterocycles. The Labute approximate surface area is 305 Å². The fourth-order valence-corrected chi connectivity index (χ4v) is 5.76. The van der Waals surface area contributed by atoms with Gasteiger partial charge in [0.15, 0.2) is 0 Å². The van der Waals surface area contributed by atoms with Gasteiger partial charge in [-0.15, -0.1) is 0 Å². The van der Waals surface area contributed by atoms with E-state index in [1.165, 1.54) is 11.1 Å². The fourth-order valence-electron chi connectivity index (χ4n) is 5.76. The summed E-state index contributed by atoms with van der Waals surface area (Å²) in [5.74, 6) is 1.22. The van der Waals surface area contributed by atoms with E-state index in [2.05, 4.69) is 121 Å². The predicted octanol–water partition coefficient (Wildman–Crippen LogP) is 8.37. The second kappa shape index (κ2) is 17.0. The Kier molecular flexibility index (Phi) is 11.9. The maximum absolute atomic E-state index is 9.67. The maximum atomic E-state index is 9.67. The summed E-state index contributed by atoms with van der Waals surface area (Å²) in [6.45, 7) is 3.48. The average molecular weight is 697 g/mol. The fraction of sp³-hybridized carbons (Fsp3) is 0.182. The summed E-state index contributed by atoms with van der Waals surface area (Å²) in [5, 5.41) is 37.6. The molecule has 0 aliphatic carbocycles. The minimum atomic E-state index is -0.927. The molecule has 2 unspecified atom stereocenters. The van der Waals surface area contributed by atoms with E-state index >= 15 is 0 Å². The summed E-state index contributed by atoms with van der Waals surface area (Å²) in [5.41, 5.74) is 10.5. The average Bonchev–Trinajstić information content (AvgIpc) is 3.19. The predicted molar refractivity (Wildman–Crippen MR) is 208 cm³/mol. The summed E-state index contributed by atoms with van der Waals surface area (Å²) in [6, 6.07) is 49.2. The quantitative estimate of drug-likeness (QED) is 0.0849. The summed E-state index contributed by atoms with van der Waals surface area (Å²) in [7, 11) is 0. The van der Waals surface area contributed by atoms with Crippen LogP contribution in [0.2, 0.25) is 0 Å². The number of hydrogen-bond acceptors (Lipinski definition) is 8. The number of ether oxygens (including phenoxy) is 2. The van der Waals surface area contributed by atoms with E-state index in [-0.39, 0.29) is 26.4 Å². The van der Waals surface area contributed by atoms with Crippen molar-refractivity contribution in [2.24, 2.45) is 0 Å². The van der Waals surface area contributed by atoms with Crippen molar-refractivity contribution in [3.05, 3.63) is 157 Å². The van der Waals surface area contributed by atoms with Crippen molar-refractivity contribution < 1.29 is 29.9 Å². The standard InChI is InChI=1S/C44H44N2O6/c1-31-3-11-35(12-4-31)45(39-19-23-43(24-20-39)51-29-41(49)27-47)37-15-7-33(8-16-37)34-9-17-38(18-10-34)46(36-13-5-32(2)6-14-36)40-21-25-44(26-22-40)52-30-42(50)28-48/h3-26,41-42,47-50H,27-30H2,1-2H3. The molecule has 0 bridgehead atoms. The molecule has 0 radical (unpaired) electrons. The Morgan fingerprint density at radius 3 is 0.923 bits per heavy atom. The first-order valence-electron chi connectivity index (χ1n) is 17.3. The van der Waals surface area contributed by atoms with Crippen molar-refractivity contribution in [1.29, 1.82) is 0 Å². The summed E-state index contributed by atoms with van der Waals surface area (Å²) >= 11 is 0. The van der Waals surface area contributed by atoms with E-state index in [9.17, 15) is 10.2 Å². The zero-order valence-corrected chi connectivity index (χ0v) is 29.3. The number of anilines is 6. The van der Waals surface area contributed by atoms with Crippen LogP contribution in [0.4, 0.5) is 34.1 Å². The molecule has 0 fully saturated rings. The highest BCUT2D eigenvalue weighted by molar-refractivity contribution is 5.81. The highest BCUT2D eigenvalue weighted by Crippen LogP contribution is 2.39. The van der Waals surface area contributed by atoms with Gasteiger partial charge in [0.05, 0.1) is 13.2 Å². The molecule has 6 aromatic rings. The number of hydrogen-bond donors (Lipinski definition) is 4. The van der Waals surface area contributed by atoms with E-state index in [1.54, 1.807) is 0 Å². The van der Waals surface area contributed by atoms with Gasteiger partial charge in [0.1, 0.15) is 36.9 Å². The monoisotopic (exact) mass is 696 g/mol. The minimum absolute atomic E-state index is 0.0195. The number of nitrogens with zero attached hydrogens (tertiary/aromatic N) is 2. The molecule has 4 N–H and O–H groups in total. The van der Waals surface area contributed by atoms with Crippen LogP contribution in [-0.4, -0.2) is 59.1 Å². The third-order valence-corrected chi connectivity index (χ3v) is 8.66. The Balaban J connectivity index is 1.25. The first-order chi connectivity index (χ1) is 25.3. The number of benzene rings is 6. The Hall–Kier alpha value is -5.64. The normalized spacial score (nSPS) is 12.2. The number of aryl methyl sites for hydroxylation is 2. The molecule has 0 saturated heterocycles. The number of aliphatic hydroxyl groups excluding tert-OH is 4. The zero-order chi connectivity index (χ0) is 36.5. The molecule has 8 heteroatoms. The van der Waals surface area contributed by atoms with Gasteiger partial charge in [-0.05, 0) is 122 Å². The van der Waals surface area contributed by atoms with Gasteiger partial charge in [0.25, 0.3) is 0 Å². The van der Waals surface area contributed by atoms with E-state index in [1.807, 2.05) is 48.5 Å². The SMILES string of the molecule is Cc1ccc(N(c2ccc(OCC(O)CO)cc2)c2ccc(-c3ccc(N(c4ccc(C)cc4)c4ccc(OCC(O)CO)cc4)cc3)cc2)cc1. The molecule has 0 saturated carbocycles. The van der Waals surface area contributed by atoms with Crippen LogP contribution >= 0.6 is 0 Å². The maximum Gasteiger partial charge on any atom is 0.119 e.